The highest BCUT2D eigenvalue weighted by Crippen LogP contribution is 2.41. The highest BCUT2D eigenvalue weighted by atomic mass is 32.2. The zero-order valence-electron chi connectivity index (χ0n) is 16.2. The molecule has 1 unspecified atom stereocenters. The van der Waals surface area contributed by atoms with Gasteiger partial charge >= 0.3 is 5.63 Å². The Labute approximate surface area is 172 Å². The van der Waals surface area contributed by atoms with Gasteiger partial charge in [0.05, 0.1) is 19.2 Å². The van der Waals surface area contributed by atoms with Gasteiger partial charge < -0.3 is 14.1 Å². The van der Waals surface area contributed by atoms with Gasteiger partial charge in [-0.2, -0.15) is 0 Å². The molecule has 3 heterocycles. The molecule has 0 N–H and O–H groups in total. The van der Waals surface area contributed by atoms with E-state index < -0.39 is 5.54 Å². The first-order valence-electron chi connectivity index (χ1n) is 9.45. The number of hydrogen-bond donors (Lipinski definition) is 0. The number of fused-ring (bicyclic) bond motifs is 2. The number of methoxy groups -OCH3 is 1. The number of para-hydroxylation sites is 1. The van der Waals surface area contributed by atoms with Gasteiger partial charge in [-0.3, -0.25) is 0 Å². The summed E-state index contributed by atoms with van der Waals surface area (Å²) in [5.74, 6) is 0.858. The van der Waals surface area contributed by atoms with Crippen LogP contribution in [0.2, 0.25) is 0 Å². The lowest BCUT2D eigenvalue weighted by Crippen LogP contribution is -2.31. The summed E-state index contributed by atoms with van der Waals surface area (Å²) in [7, 11) is 1.67. The van der Waals surface area contributed by atoms with Gasteiger partial charge in [-0.25, -0.2) is 9.79 Å². The molecule has 0 bridgehead atoms. The van der Waals surface area contributed by atoms with E-state index >= 15 is 0 Å². The SMILES string of the molecule is COc1ccc(CC2=CN3CC(C)(c4cc5ccccc5oc4=O)N=C3S2)cc1. The predicted octanol–water partition coefficient (Wildman–Crippen LogP) is 4.52. The number of amidine groups is 1. The van der Waals surface area contributed by atoms with Crippen LogP contribution in [-0.4, -0.2) is 23.7 Å². The number of ether oxygens (including phenoxy) is 1. The Morgan fingerprint density at radius 2 is 2.00 bits per heavy atom. The van der Waals surface area contributed by atoms with Crippen molar-refractivity contribution in [3.8, 4) is 5.75 Å². The van der Waals surface area contributed by atoms with Crippen LogP contribution in [0.25, 0.3) is 11.0 Å². The van der Waals surface area contributed by atoms with Crippen LogP contribution in [0.5, 0.6) is 5.75 Å². The van der Waals surface area contributed by atoms with Gasteiger partial charge in [0.25, 0.3) is 0 Å². The van der Waals surface area contributed by atoms with E-state index in [1.54, 1.807) is 18.9 Å². The molecule has 0 radical (unpaired) electrons. The van der Waals surface area contributed by atoms with Gasteiger partial charge in [0.15, 0.2) is 5.17 Å². The molecule has 6 heteroatoms. The van der Waals surface area contributed by atoms with Crippen molar-refractivity contribution in [2.75, 3.05) is 13.7 Å². The Bertz CT molecular complexity index is 1210. The fourth-order valence-corrected chi connectivity index (χ4v) is 4.95. The fourth-order valence-electron chi connectivity index (χ4n) is 3.82. The molecule has 0 saturated carbocycles. The normalized spacial score (nSPS) is 20.6. The van der Waals surface area contributed by atoms with Gasteiger partial charge in [-0.05, 0) is 36.8 Å². The first-order valence-corrected chi connectivity index (χ1v) is 10.3. The minimum Gasteiger partial charge on any atom is -0.497 e. The molecule has 0 amide bonds. The number of allylic oxidation sites excluding steroid dienone is 1. The molecule has 29 heavy (non-hydrogen) atoms. The van der Waals surface area contributed by atoms with Crippen LogP contribution in [-0.2, 0) is 12.0 Å². The summed E-state index contributed by atoms with van der Waals surface area (Å²) in [6.07, 6.45) is 2.99. The van der Waals surface area contributed by atoms with Crippen LogP contribution >= 0.6 is 11.8 Å². The average molecular weight is 404 g/mol. The second kappa shape index (κ2) is 6.81. The smallest absolute Gasteiger partial charge is 0.342 e. The van der Waals surface area contributed by atoms with E-state index in [9.17, 15) is 4.79 Å². The predicted molar refractivity (Wildman–Crippen MR) is 116 cm³/mol. The zero-order valence-corrected chi connectivity index (χ0v) is 17.0. The molecule has 0 spiro atoms. The lowest BCUT2D eigenvalue weighted by atomic mass is 9.94. The van der Waals surface area contributed by atoms with Crippen molar-refractivity contribution >= 4 is 27.9 Å². The molecule has 1 atom stereocenters. The number of nitrogens with zero attached hydrogens (tertiary/aromatic N) is 2. The Morgan fingerprint density at radius 3 is 2.76 bits per heavy atom. The lowest BCUT2D eigenvalue weighted by molar-refractivity contribution is 0.414. The summed E-state index contributed by atoms with van der Waals surface area (Å²) < 4.78 is 10.8. The molecule has 146 valence electrons. The van der Waals surface area contributed by atoms with E-state index in [2.05, 4.69) is 23.2 Å². The van der Waals surface area contributed by atoms with Crippen LogP contribution in [0.3, 0.4) is 0 Å². The second-order valence-electron chi connectivity index (χ2n) is 7.50. The molecular weight excluding hydrogens is 384 g/mol. The highest BCUT2D eigenvalue weighted by Gasteiger charge is 2.41. The maximum Gasteiger partial charge on any atom is 0.342 e. The Balaban J connectivity index is 1.38. The van der Waals surface area contributed by atoms with Crippen LogP contribution in [0.4, 0.5) is 0 Å². The van der Waals surface area contributed by atoms with Crippen molar-refractivity contribution in [2.45, 2.75) is 18.9 Å². The summed E-state index contributed by atoms with van der Waals surface area (Å²) in [6, 6.07) is 17.6. The van der Waals surface area contributed by atoms with E-state index in [0.29, 0.717) is 17.7 Å². The molecular formula is C23H20N2O3S. The van der Waals surface area contributed by atoms with E-state index in [1.807, 2.05) is 49.4 Å². The zero-order chi connectivity index (χ0) is 20.0. The van der Waals surface area contributed by atoms with Gasteiger partial charge in [-0.1, -0.05) is 42.1 Å². The molecule has 0 aliphatic carbocycles. The van der Waals surface area contributed by atoms with Gasteiger partial charge in [0.1, 0.15) is 16.9 Å². The molecule has 0 saturated heterocycles. The minimum atomic E-state index is -0.616. The standard InChI is InChI=1S/C23H20N2O3S/c1-23(19-12-16-5-3-4-6-20(16)28-21(19)26)14-25-13-18(29-22(25)24-23)11-15-7-9-17(27-2)10-8-15/h3-10,12-13H,11,14H2,1-2H3. The Morgan fingerprint density at radius 1 is 1.21 bits per heavy atom. The lowest BCUT2D eigenvalue weighted by Gasteiger charge is -2.21. The fraction of sp³-hybridized carbons (Fsp3) is 0.217. The summed E-state index contributed by atoms with van der Waals surface area (Å²) in [5, 5.41) is 1.85. The second-order valence-corrected chi connectivity index (χ2v) is 8.60. The topological polar surface area (TPSA) is 55.0 Å². The van der Waals surface area contributed by atoms with Crippen LogP contribution in [0, 0.1) is 0 Å². The van der Waals surface area contributed by atoms with E-state index in [4.69, 9.17) is 14.1 Å². The van der Waals surface area contributed by atoms with Crippen LogP contribution in [0.15, 0.2) is 79.9 Å². The number of aliphatic imine (C=N–C) groups is 1. The summed E-state index contributed by atoms with van der Waals surface area (Å²) in [6.45, 7) is 2.63. The quantitative estimate of drug-likeness (QED) is 0.599. The summed E-state index contributed by atoms with van der Waals surface area (Å²) in [4.78, 5) is 20.9. The van der Waals surface area contributed by atoms with Gasteiger partial charge in [-0.15, -0.1) is 0 Å². The largest absolute Gasteiger partial charge is 0.497 e. The van der Waals surface area contributed by atoms with Crippen molar-refractivity contribution in [2.24, 2.45) is 4.99 Å². The van der Waals surface area contributed by atoms with Gasteiger partial charge in [0, 0.05) is 22.9 Å². The third-order valence-corrected chi connectivity index (χ3v) is 6.37. The van der Waals surface area contributed by atoms with E-state index in [-0.39, 0.29) is 5.63 Å². The Hall–Kier alpha value is -2.99. The number of hydrogen-bond acceptors (Lipinski definition) is 6. The van der Waals surface area contributed by atoms with Crippen molar-refractivity contribution in [1.29, 1.82) is 0 Å². The maximum absolute atomic E-state index is 12.6. The molecule has 5 rings (SSSR count). The van der Waals surface area contributed by atoms with Crippen LogP contribution in [0.1, 0.15) is 18.1 Å². The molecule has 2 aromatic carbocycles. The van der Waals surface area contributed by atoms with Crippen molar-refractivity contribution in [3.63, 3.8) is 0 Å². The monoisotopic (exact) mass is 404 g/mol. The molecule has 5 nitrogen and oxygen atoms in total. The van der Waals surface area contributed by atoms with Crippen molar-refractivity contribution in [3.05, 3.63) is 87.2 Å². The van der Waals surface area contributed by atoms with E-state index in [0.717, 1.165) is 22.7 Å². The summed E-state index contributed by atoms with van der Waals surface area (Å²) >= 11 is 1.67. The number of benzene rings is 2. The molecule has 2 aliphatic rings. The van der Waals surface area contributed by atoms with Crippen molar-refractivity contribution < 1.29 is 9.15 Å². The van der Waals surface area contributed by atoms with E-state index in [1.165, 1.54) is 10.5 Å². The molecule has 1 aromatic heterocycles. The Kier molecular flexibility index (Phi) is 4.24. The molecule has 3 aromatic rings. The van der Waals surface area contributed by atoms with Crippen molar-refractivity contribution in [1.82, 2.24) is 4.90 Å². The highest BCUT2D eigenvalue weighted by molar-refractivity contribution is 8.17. The maximum atomic E-state index is 12.6. The number of rotatable bonds is 4. The average Bonchev–Trinajstić information content (AvgIpc) is 3.22. The first-order chi connectivity index (χ1) is 14.0. The first kappa shape index (κ1) is 18.1. The third kappa shape index (κ3) is 3.23. The molecule has 2 aliphatic heterocycles. The van der Waals surface area contributed by atoms with Gasteiger partial charge in [0.2, 0.25) is 0 Å². The van der Waals surface area contributed by atoms with Crippen LogP contribution < -0.4 is 10.4 Å². The third-order valence-electron chi connectivity index (χ3n) is 5.35. The molecule has 0 fully saturated rings. The minimum absolute atomic E-state index is 0.316. The number of thioether (sulfide) groups is 1. The summed E-state index contributed by atoms with van der Waals surface area (Å²) in [5.41, 5.74) is 1.50.